The van der Waals surface area contributed by atoms with Gasteiger partial charge >= 0.3 is 0 Å². The molecule has 0 aliphatic carbocycles. The lowest BCUT2D eigenvalue weighted by atomic mass is 10.1. The van der Waals surface area contributed by atoms with Crippen LogP contribution in [0.3, 0.4) is 0 Å². The fraction of sp³-hybridized carbons (Fsp3) is 0.400. The van der Waals surface area contributed by atoms with Crippen LogP contribution in [0.4, 0.5) is 10.2 Å². The number of anilines is 1. The minimum Gasteiger partial charge on any atom is -0.212 e. The number of benzene rings is 1. The zero-order chi connectivity index (χ0) is 9.14. The molecule has 12 heavy (non-hydrogen) atoms. The minimum absolute atomic E-state index is 0.393. The maximum atomic E-state index is 13.1. The molecule has 66 valence electrons. The maximum absolute atomic E-state index is 13.1. The zero-order valence-electron chi connectivity index (χ0n) is 7.76. The molecule has 0 aliphatic rings. The fourth-order valence-corrected chi connectivity index (χ4v) is 1.25. The topological polar surface area (TPSA) is 3.24 Å². The molecule has 0 aromatic heterocycles. The standard InChI is InChI=1S/C10H14FN/c1-4-12(11)10-6-5-8(2)7-9(10)3/h5-7H,4H2,1-3H3. The van der Waals surface area contributed by atoms with E-state index < -0.39 is 0 Å². The van der Waals surface area contributed by atoms with Gasteiger partial charge in [0.2, 0.25) is 0 Å². The molecule has 0 aliphatic heterocycles. The largest absolute Gasteiger partial charge is 0.212 e. The second-order valence-electron chi connectivity index (χ2n) is 2.97. The molecule has 0 amide bonds. The van der Waals surface area contributed by atoms with Crippen molar-refractivity contribution in [2.24, 2.45) is 0 Å². The number of hydrogen-bond donors (Lipinski definition) is 0. The van der Waals surface area contributed by atoms with Crippen LogP contribution >= 0.6 is 0 Å². The molecule has 1 rings (SSSR count). The van der Waals surface area contributed by atoms with E-state index in [9.17, 15) is 4.48 Å². The monoisotopic (exact) mass is 167 g/mol. The maximum Gasteiger partial charge on any atom is 0.0716 e. The Morgan fingerprint density at radius 3 is 2.50 bits per heavy atom. The first-order chi connectivity index (χ1) is 5.65. The Morgan fingerprint density at radius 1 is 1.33 bits per heavy atom. The van der Waals surface area contributed by atoms with Gasteiger partial charge in [0, 0.05) is 6.54 Å². The van der Waals surface area contributed by atoms with Gasteiger partial charge in [0.25, 0.3) is 0 Å². The van der Waals surface area contributed by atoms with Crippen LogP contribution in [0.5, 0.6) is 0 Å². The first-order valence-corrected chi connectivity index (χ1v) is 4.15. The van der Waals surface area contributed by atoms with Crippen LogP contribution in [0.25, 0.3) is 0 Å². The number of halogens is 1. The van der Waals surface area contributed by atoms with Gasteiger partial charge in [-0.05, 0) is 32.4 Å². The van der Waals surface area contributed by atoms with E-state index in [0.717, 1.165) is 10.7 Å². The quantitative estimate of drug-likeness (QED) is 0.612. The van der Waals surface area contributed by atoms with Crippen molar-refractivity contribution in [2.45, 2.75) is 20.8 Å². The lowest BCUT2D eigenvalue weighted by molar-refractivity contribution is 0.444. The summed E-state index contributed by atoms with van der Waals surface area (Å²) in [7, 11) is 0. The van der Waals surface area contributed by atoms with E-state index in [1.807, 2.05) is 32.0 Å². The van der Waals surface area contributed by atoms with Crippen LogP contribution in [-0.4, -0.2) is 6.54 Å². The summed E-state index contributed by atoms with van der Waals surface area (Å²) in [5, 5.41) is 0.759. The number of aryl methyl sites for hydroxylation is 2. The van der Waals surface area contributed by atoms with Gasteiger partial charge in [-0.2, -0.15) is 0 Å². The molecule has 0 saturated carbocycles. The van der Waals surface area contributed by atoms with Crippen LogP contribution in [0.1, 0.15) is 18.1 Å². The highest BCUT2D eigenvalue weighted by atomic mass is 19.2. The molecular formula is C10H14FN. The molecule has 0 saturated heterocycles. The Morgan fingerprint density at radius 2 is 2.00 bits per heavy atom. The third-order valence-corrected chi connectivity index (χ3v) is 1.89. The predicted octanol–water partition coefficient (Wildman–Crippen LogP) is 3.01. The van der Waals surface area contributed by atoms with Crippen LogP contribution in [0, 0.1) is 13.8 Å². The Labute approximate surface area is 72.8 Å². The van der Waals surface area contributed by atoms with Crippen LogP contribution in [0.2, 0.25) is 0 Å². The van der Waals surface area contributed by atoms with Crippen molar-refractivity contribution < 1.29 is 4.48 Å². The smallest absolute Gasteiger partial charge is 0.0716 e. The normalized spacial score (nSPS) is 10.0. The summed E-state index contributed by atoms with van der Waals surface area (Å²) in [6.45, 7) is 6.11. The van der Waals surface area contributed by atoms with Gasteiger partial charge in [-0.15, -0.1) is 0 Å². The second kappa shape index (κ2) is 3.57. The van der Waals surface area contributed by atoms with E-state index in [-0.39, 0.29) is 0 Å². The van der Waals surface area contributed by atoms with Crippen molar-refractivity contribution in [3.05, 3.63) is 29.3 Å². The van der Waals surface area contributed by atoms with Crippen molar-refractivity contribution in [2.75, 3.05) is 11.7 Å². The van der Waals surface area contributed by atoms with Gasteiger partial charge in [-0.1, -0.05) is 22.2 Å². The molecule has 1 aromatic rings. The van der Waals surface area contributed by atoms with E-state index in [2.05, 4.69) is 0 Å². The molecule has 0 heterocycles. The Balaban J connectivity index is 3.01. The van der Waals surface area contributed by atoms with Crippen LogP contribution in [0.15, 0.2) is 18.2 Å². The SMILES string of the molecule is CCN(F)c1ccc(C)cc1C. The summed E-state index contributed by atoms with van der Waals surface area (Å²) in [5.74, 6) is 0. The molecule has 0 bridgehead atoms. The van der Waals surface area contributed by atoms with Crippen LogP contribution in [-0.2, 0) is 0 Å². The summed E-state index contributed by atoms with van der Waals surface area (Å²) in [4.78, 5) is 0. The van der Waals surface area contributed by atoms with Gasteiger partial charge in [-0.3, -0.25) is 0 Å². The van der Waals surface area contributed by atoms with Gasteiger partial charge in [-0.25, -0.2) is 5.12 Å². The van der Waals surface area contributed by atoms with E-state index in [1.54, 1.807) is 6.92 Å². The van der Waals surface area contributed by atoms with E-state index in [0.29, 0.717) is 12.2 Å². The third kappa shape index (κ3) is 1.76. The summed E-state index contributed by atoms with van der Waals surface area (Å²) in [5.41, 5.74) is 2.82. The molecule has 0 radical (unpaired) electrons. The lowest BCUT2D eigenvalue weighted by Crippen LogP contribution is -2.11. The van der Waals surface area contributed by atoms with Crippen molar-refractivity contribution in [3.8, 4) is 0 Å². The molecule has 2 heteroatoms. The van der Waals surface area contributed by atoms with Gasteiger partial charge in [0.05, 0.1) is 5.69 Å². The Kier molecular flexibility index (Phi) is 2.69. The molecule has 1 nitrogen and oxygen atoms in total. The second-order valence-corrected chi connectivity index (χ2v) is 2.97. The van der Waals surface area contributed by atoms with E-state index >= 15 is 0 Å². The highest BCUT2D eigenvalue weighted by molar-refractivity contribution is 5.52. The molecule has 0 atom stereocenters. The van der Waals surface area contributed by atoms with Crippen molar-refractivity contribution in [1.82, 2.24) is 0 Å². The van der Waals surface area contributed by atoms with Gasteiger partial charge in [0.1, 0.15) is 0 Å². The van der Waals surface area contributed by atoms with Crippen LogP contribution < -0.4 is 5.12 Å². The third-order valence-electron chi connectivity index (χ3n) is 1.89. The molecule has 0 spiro atoms. The van der Waals surface area contributed by atoms with Crippen molar-refractivity contribution in [1.29, 1.82) is 0 Å². The number of nitrogens with zero attached hydrogens (tertiary/aromatic N) is 1. The summed E-state index contributed by atoms with van der Waals surface area (Å²) >= 11 is 0. The van der Waals surface area contributed by atoms with Crippen molar-refractivity contribution in [3.63, 3.8) is 0 Å². The molecule has 1 aromatic carbocycles. The Bertz CT molecular complexity index is 271. The van der Waals surface area contributed by atoms with Crippen molar-refractivity contribution >= 4 is 5.69 Å². The van der Waals surface area contributed by atoms with Gasteiger partial charge in [0.15, 0.2) is 0 Å². The highest BCUT2D eigenvalue weighted by Crippen LogP contribution is 2.20. The summed E-state index contributed by atoms with van der Waals surface area (Å²) in [6, 6.07) is 5.72. The van der Waals surface area contributed by atoms with Gasteiger partial charge < -0.3 is 0 Å². The minimum atomic E-state index is 0.393. The number of rotatable bonds is 2. The number of hydrogen-bond acceptors (Lipinski definition) is 1. The molecular weight excluding hydrogens is 153 g/mol. The first-order valence-electron chi connectivity index (χ1n) is 4.15. The first kappa shape index (κ1) is 9.04. The highest BCUT2D eigenvalue weighted by Gasteiger charge is 2.04. The average Bonchev–Trinajstić information content (AvgIpc) is 2.03. The Hall–Kier alpha value is -1.05. The summed E-state index contributed by atoms with van der Waals surface area (Å²) in [6.07, 6.45) is 0. The van der Waals surface area contributed by atoms with E-state index in [1.165, 1.54) is 5.56 Å². The fourth-order valence-electron chi connectivity index (χ4n) is 1.25. The summed E-state index contributed by atoms with van der Waals surface area (Å²) < 4.78 is 13.1. The average molecular weight is 167 g/mol. The van der Waals surface area contributed by atoms with E-state index in [4.69, 9.17) is 0 Å². The molecule has 0 fully saturated rings. The zero-order valence-corrected chi connectivity index (χ0v) is 7.76. The molecule has 0 N–H and O–H groups in total. The predicted molar refractivity (Wildman–Crippen MR) is 50.0 cm³/mol. The lowest BCUT2D eigenvalue weighted by Gasteiger charge is -2.13. The molecule has 0 unspecified atom stereocenters.